The van der Waals surface area contributed by atoms with E-state index in [0.717, 1.165) is 5.56 Å². The molecule has 1 amide bonds. The summed E-state index contributed by atoms with van der Waals surface area (Å²) >= 11 is 0. The van der Waals surface area contributed by atoms with Gasteiger partial charge in [0.15, 0.2) is 0 Å². The lowest BCUT2D eigenvalue weighted by molar-refractivity contribution is 0.0526. The summed E-state index contributed by atoms with van der Waals surface area (Å²) in [7, 11) is -2.56. The van der Waals surface area contributed by atoms with Gasteiger partial charge in [-0.15, -0.1) is 0 Å². The van der Waals surface area contributed by atoms with Crippen LogP contribution in [0, 0.1) is 0 Å². The van der Waals surface area contributed by atoms with E-state index in [1.807, 2.05) is 30.3 Å². The van der Waals surface area contributed by atoms with Gasteiger partial charge in [-0.2, -0.15) is 0 Å². The van der Waals surface area contributed by atoms with Crippen LogP contribution in [0.15, 0.2) is 77.7 Å². The van der Waals surface area contributed by atoms with E-state index in [2.05, 4.69) is 10.0 Å². The molecule has 178 valence electrons. The summed E-state index contributed by atoms with van der Waals surface area (Å²) in [5.74, 6) is -0.833. The highest BCUT2D eigenvalue weighted by molar-refractivity contribution is 7.89. The lowest BCUT2D eigenvalue weighted by Gasteiger charge is -2.13. The number of sulfonamides is 1. The zero-order chi connectivity index (χ0) is 24.6. The fraction of sp³-hybridized carbons (Fsp3) is 0.200. The molecule has 0 aliphatic carbocycles. The number of ether oxygens (including phenoxy) is 2. The zero-order valence-corrected chi connectivity index (χ0v) is 19.7. The molecule has 0 heterocycles. The summed E-state index contributed by atoms with van der Waals surface area (Å²) < 4.78 is 38.6. The van der Waals surface area contributed by atoms with Gasteiger partial charge < -0.3 is 14.8 Å². The summed E-state index contributed by atoms with van der Waals surface area (Å²) in [6.45, 7) is 2.18. The molecule has 34 heavy (non-hydrogen) atoms. The van der Waals surface area contributed by atoms with Gasteiger partial charge in [-0.25, -0.2) is 17.9 Å². The van der Waals surface area contributed by atoms with Gasteiger partial charge >= 0.3 is 5.97 Å². The monoisotopic (exact) mass is 482 g/mol. The van der Waals surface area contributed by atoms with Crippen LogP contribution < -0.4 is 14.8 Å². The highest BCUT2D eigenvalue weighted by atomic mass is 32.2. The second-order valence-corrected chi connectivity index (χ2v) is 8.99. The van der Waals surface area contributed by atoms with E-state index in [0.29, 0.717) is 17.7 Å². The predicted octanol–water partition coefficient (Wildman–Crippen LogP) is 3.65. The molecule has 0 fully saturated rings. The van der Waals surface area contributed by atoms with Crippen LogP contribution in [0.4, 0.5) is 5.69 Å². The molecule has 0 aliphatic rings. The van der Waals surface area contributed by atoms with Crippen LogP contribution in [-0.4, -0.2) is 40.6 Å². The van der Waals surface area contributed by atoms with Gasteiger partial charge in [0.25, 0.3) is 5.91 Å². The molecule has 0 bridgehead atoms. The lowest BCUT2D eigenvalue weighted by Crippen LogP contribution is -2.27. The fourth-order valence-corrected chi connectivity index (χ4v) is 4.41. The minimum atomic E-state index is -3.93. The third kappa shape index (κ3) is 6.43. The van der Waals surface area contributed by atoms with Crippen LogP contribution in [0.25, 0.3) is 0 Å². The number of methoxy groups -OCH3 is 1. The van der Waals surface area contributed by atoms with Gasteiger partial charge in [-0.1, -0.05) is 30.3 Å². The molecule has 3 aromatic carbocycles. The Labute approximate surface area is 199 Å². The molecule has 3 rings (SSSR count). The van der Waals surface area contributed by atoms with Crippen molar-refractivity contribution in [1.29, 1.82) is 0 Å². The molecule has 0 unspecified atom stereocenters. The number of hydrogen-bond donors (Lipinski definition) is 2. The first kappa shape index (κ1) is 24.9. The first-order chi connectivity index (χ1) is 16.3. The van der Waals surface area contributed by atoms with Crippen LogP contribution >= 0.6 is 0 Å². The van der Waals surface area contributed by atoms with Gasteiger partial charge in [0, 0.05) is 17.8 Å². The normalized spacial score (nSPS) is 11.0. The third-order valence-corrected chi connectivity index (χ3v) is 6.40. The van der Waals surface area contributed by atoms with Crippen LogP contribution in [-0.2, 0) is 21.2 Å². The van der Waals surface area contributed by atoms with E-state index in [1.54, 1.807) is 19.1 Å². The van der Waals surface area contributed by atoms with Crippen molar-refractivity contribution >= 4 is 27.6 Å². The van der Waals surface area contributed by atoms with Crippen molar-refractivity contribution in [2.24, 2.45) is 0 Å². The fourth-order valence-electron chi connectivity index (χ4n) is 3.19. The molecule has 0 aromatic heterocycles. The number of amides is 1. The average Bonchev–Trinajstić information content (AvgIpc) is 2.84. The average molecular weight is 483 g/mol. The van der Waals surface area contributed by atoms with E-state index in [9.17, 15) is 18.0 Å². The standard InChI is InChI=1S/C25H26N2O6S/c1-3-33-25(29)19-9-12-21(13-10-19)27-24(28)20-11-14-22(32-2)23(17-20)34(30,31)26-16-15-18-7-5-4-6-8-18/h4-14,17,26H,3,15-16H2,1-2H3,(H,27,28). The molecule has 2 N–H and O–H groups in total. The largest absolute Gasteiger partial charge is 0.495 e. The van der Waals surface area contributed by atoms with Crippen molar-refractivity contribution < 1.29 is 27.5 Å². The lowest BCUT2D eigenvalue weighted by atomic mass is 10.1. The Kier molecular flexibility index (Phi) is 8.39. The van der Waals surface area contributed by atoms with Crippen molar-refractivity contribution in [2.45, 2.75) is 18.2 Å². The van der Waals surface area contributed by atoms with Crippen molar-refractivity contribution in [2.75, 3.05) is 25.6 Å². The number of benzene rings is 3. The minimum absolute atomic E-state index is 0.127. The number of nitrogens with one attached hydrogen (secondary N) is 2. The smallest absolute Gasteiger partial charge is 0.338 e. The number of esters is 1. The van der Waals surface area contributed by atoms with Crippen molar-refractivity contribution in [3.63, 3.8) is 0 Å². The number of hydrogen-bond acceptors (Lipinski definition) is 6. The minimum Gasteiger partial charge on any atom is -0.495 e. The Balaban J connectivity index is 1.73. The van der Waals surface area contributed by atoms with Gasteiger partial charge in [0.1, 0.15) is 10.6 Å². The number of anilines is 1. The van der Waals surface area contributed by atoms with Gasteiger partial charge in [-0.05, 0) is 61.4 Å². The molecule has 0 saturated heterocycles. The molecule has 3 aromatic rings. The quantitative estimate of drug-likeness (QED) is 0.427. The van der Waals surface area contributed by atoms with Crippen molar-refractivity contribution in [3.05, 3.63) is 89.5 Å². The molecule has 0 spiro atoms. The van der Waals surface area contributed by atoms with Crippen molar-refractivity contribution in [3.8, 4) is 5.75 Å². The number of rotatable bonds is 10. The molecule has 8 nitrogen and oxygen atoms in total. The Morgan fingerprint density at radius 2 is 1.59 bits per heavy atom. The van der Waals surface area contributed by atoms with Crippen LogP contribution in [0.1, 0.15) is 33.2 Å². The summed E-state index contributed by atoms with van der Waals surface area (Å²) in [4.78, 5) is 24.4. The molecule has 0 radical (unpaired) electrons. The molecule has 0 saturated carbocycles. The van der Waals surface area contributed by atoms with Gasteiger partial charge in [0.05, 0.1) is 19.3 Å². The first-order valence-electron chi connectivity index (χ1n) is 10.6. The Hall–Kier alpha value is -3.69. The predicted molar refractivity (Wildman–Crippen MR) is 129 cm³/mol. The second kappa shape index (κ2) is 11.4. The van der Waals surface area contributed by atoms with E-state index in [4.69, 9.17) is 9.47 Å². The van der Waals surface area contributed by atoms with Crippen LogP contribution in [0.5, 0.6) is 5.75 Å². The highest BCUT2D eigenvalue weighted by Crippen LogP contribution is 2.25. The van der Waals surface area contributed by atoms with Gasteiger partial charge in [-0.3, -0.25) is 4.79 Å². The zero-order valence-electron chi connectivity index (χ0n) is 18.9. The number of carbonyl (C=O) groups excluding carboxylic acids is 2. The Morgan fingerprint density at radius 1 is 0.912 bits per heavy atom. The first-order valence-corrected chi connectivity index (χ1v) is 12.1. The number of carbonyl (C=O) groups is 2. The Bertz CT molecular complexity index is 1240. The molecule has 0 atom stereocenters. The maximum atomic E-state index is 12.9. The van der Waals surface area contributed by atoms with Gasteiger partial charge in [0.2, 0.25) is 10.0 Å². The molecule has 9 heteroatoms. The summed E-state index contributed by atoms with van der Waals surface area (Å²) in [5, 5.41) is 2.69. The SMILES string of the molecule is CCOC(=O)c1ccc(NC(=O)c2ccc(OC)c(S(=O)(=O)NCCc3ccccc3)c2)cc1. The van der Waals surface area contributed by atoms with Crippen LogP contribution in [0.3, 0.4) is 0 Å². The third-order valence-electron chi connectivity index (χ3n) is 4.92. The van der Waals surface area contributed by atoms with E-state index in [-0.39, 0.29) is 29.4 Å². The molecular formula is C25H26N2O6S. The maximum absolute atomic E-state index is 12.9. The maximum Gasteiger partial charge on any atom is 0.338 e. The van der Waals surface area contributed by atoms with E-state index >= 15 is 0 Å². The molecule has 0 aliphatic heterocycles. The summed E-state index contributed by atoms with van der Waals surface area (Å²) in [5.41, 5.74) is 1.94. The molecular weight excluding hydrogens is 456 g/mol. The summed E-state index contributed by atoms with van der Waals surface area (Å²) in [6.07, 6.45) is 0.518. The topological polar surface area (TPSA) is 111 Å². The Morgan fingerprint density at radius 3 is 2.24 bits per heavy atom. The van der Waals surface area contributed by atoms with Crippen LogP contribution in [0.2, 0.25) is 0 Å². The summed E-state index contributed by atoms with van der Waals surface area (Å²) in [6, 6.07) is 19.9. The second-order valence-electron chi connectivity index (χ2n) is 7.25. The van der Waals surface area contributed by atoms with E-state index < -0.39 is 21.9 Å². The highest BCUT2D eigenvalue weighted by Gasteiger charge is 2.21. The van der Waals surface area contributed by atoms with E-state index in [1.165, 1.54) is 37.4 Å². The van der Waals surface area contributed by atoms with Crippen molar-refractivity contribution in [1.82, 2.24) is 4.72 Å².